The second-order valence-corrected chi connectivity index (χ2v) is 6.28. The molecule has 3 heterocycles. The van der Waals surface area contributed by atoms with Crippen molar-refractivity contribution >= 4 is 39.1 Å². The maximum absolute atomic E-state index is 12.6. The monoisotopic (exact) mass is 374 g/mol. The molecule has 1 fully saturated rings. The molecule has 118 valence electrons. The number of carbonyl (C=O) groups is 2. The van der Waals surface area contributed by atoms with Crippen LogP contribution in [0.4, 0.5) is 11.6 Å². The lowest BCUT2D eigenvalue weighted by Gasteiger charge is -2.26. The Balaban J connectivity index is 1.91. The second-order valence-electron chi connectivity index (χ2n) is 5.36. The Labute approximate surface area is 141 Å². The van der Waals surface area contributed by atoms with Gasteiger partial charge in [-0.15, -0.1) is 0 Å². The molecular formula is C16H15BrN4O2. The van der Waals surface area contributed by atoms with Gasteiger partial charge in [-0.05, 0) is 40.5 Å². The highest BCUT2D eigenvalue weighted by atomic mass is 79.9. The molecule has 0 amide bonds. The number of carbonyl (C=O) groups excluding carboxylic acids is 2. The zero-order valence-electron chi connectivity index (χ0n) is 12.3. The molecule has 2 N–H and O–H groups in total. The molecule has 0 radical (unpaired) electrons. The highest BCUT2D eigenvalue weighted by Crippen LogP contribution is 2.21. The number of nitrogen functional groups attached to an aromatic ring is 1. The van der Waals surface area contributed by atoms with Gasteiger partial charge < -0.3 is 10.6 Å². The fraction of sp³-hybridized carbons (Fsp3) is 0.250. The fourth-order valence-corrected chi connectivity index (χ4v) is 2.86. The van der Waals surface area contributed by atoms with Crippen molar-refractivity contribution in [1.29, 1.82) is 0 Å². The first-order chi connectivity index (χ1) is 11.0. The van der Waals surface area contributed by atoms with Crippen LogP contribution >= 0.6 is 15.9 Å². The number of hydrogen-bond acceptors (Lipinski definition) is 6. The molecule has 0 aromatic carbocycles. The molecule has 0 spiro atoms. The van der Waals surface area contributed by atoms with Crippen LogP contribution in [0.5, 0.6) is 0 Å². The van der Waals surface area contributed by atoms with Gasteiger partial charge in [0.2, 0.25) is 5.78 Å². The second kappa shape index (κ2) is 6.45. The summed E-state index contributed by atoms with van der Waals surface area (Å²) in [5.41, 5.74) is 6.38. The number of hydrogen-bond donors (Lipinski definition) is 1. The van der Waals surface area contributed by atoms with Crippen LogP contribution in [0.1, 0.15) is 28.9 Å². The molecule has 0 aliphatic carbocycles. The summed E-state index contributed by atoms with van der Waals surface area (Å²) >= 11 is 3.28. The molecule has 7 heteroatoms. The number of ketones is 2. The molecule has 6 nitrogen and oxygen atoms in total. The summed E-state index contributed by atoms with van der Waals surface area (Å²) in [6.45, 7) is 1.10. The van der Waals surface area contributed by atoms with Crippen LogP contribution in [0.25, 0.3) is 0 Å². The number of Topliss-reactive ketones (excluding diaryl/α,β-unsaturated/α-hetero) is 1. The highest BCUT2D eigenvalue weighted by molar-refractivity contribution is 9.10. The summed E-state index contributed by atoms with van der Waals surface area (Å²) in [6.07, 6.45) is 2.95. The number of anilines is 2. The van der Waals surface area contributed by atoms with E-state index in [2.05, 4.69) is 25.9 Å². The largest absolute Gasteiger partial charge is 0.383 e. The van der Waals surface area contributed by atoms with Gasteiger partial charge in [-0.2, -0.15) is 0 Å². The molecule has 3 rings (SSSR count). The van der Waals surface area contributed by atoms with Gasteiger partial charge in [0.05, 0.1) is 12.1 Å². The summed E-state index contributed by atoms with van der Waals surface area (Å²) in [5, 5.41) is 0. The lowest BCUT2D eigenvalue weighted by molar-refractivity contribution is -0.118. The van der Waals surface area contributed by atoms with E-state index < -0.39 is 0 Å². The van der Waals surface area contributed by atoms with Crippen molar-refractivity contribution in [1.82, 2.24) is 9.97 Å². The van der Waals surface area contributed by atoms with Crippen LogP contribution in [0.2, 0.25) is 0 Å². The average Bonchev–Trinajstić information content (AvgIpc) is 2.56. The molecule has 2 aromatic heterocycles. The van der Waals surface area contributed by atoms with Crippen molar-refractivity contribution in [2.45, 2.75) is 12.8 Å². The van der Waals surface area contributed by atoms with Crippen molar-refractivity contribution in [3.05, 3.63) is 46.2 Å². The first kappa shape index (κ1) is 15.6. The summed E-state index contributed by atoms with van der Waals surface area (Å²) in [5.74, 6) is 0.695. The van der Waals surface area contributed by atoms with Crippen molar-refractivity contribution in [3.63, 3.8) is 0 Å². The maximum Gasteiger partial charge on any atom is 0.215 e. The number of rotatable bonds is 3. The number of halogens is 1. The van der Waals surface area contributed by atoms with E-state index in [0.29, 0.717) is 28.8 Å². The van der Waals surface area contributed by atoms with Crippen molar-refractivity contribution in [2.24, 2.45) is 0 Å². The van der Waals surface area contributed by atoms with E-state index in [-0.39, 0.29) is 23.1 Å². The SMILES string of the molecule is Nc1ncc(Br)cc1C(=O)c1cccc(N2CCCC(=O)C2)n1. The molecular weight excluding hydrogens is 360 g/mol. The van der Waals surface area contributed by atoms with Crippen LogP contribution in [-0.4, -0.2) is 34.6 Å². The van der Waals surface area contributed by atoms with E-state index >= 15 is 0 Å². The van der Waals surface area contributed by atoms with Crippen molar-refractivity contribution in [2.75, 3.05) is 23.7 Å². The third-order valence-corrected chi connectivity index (χ3v) is 4.11. The third-order valence-electron chi connectivity index (χ3n) is 3.67. The summed E-state index contributed by atoms with van der Waals surface area (Å²) in [7, 11) is 0. The lowest BCUT2D eigenvalue weighted by Crippen LogP contribution is -2.36. The molecule has 0 saturated carbocycles. The Hall–Kier alpha value is -2.28. The maximum atomic E-state index is 12.6. The predicted molar refractivity (Wildman–Crippen MR) is 90.5 cm³/mol. The molecule has 0 bridgehead atoms. The highest BCUT2D eigenvalue weighted by Gasteiger charge is 2.20. The van der Waals surface area contributed by atoms with Gasteiger partial charge in [-0.25, -0.2) is 9.97 Å². The minimum atomic E-state index is -0.290. The lowest BCUT2D eigenvalue weighted by atomic mass is 10.1. The Morgan fingerprint density at radius 1 is 1.35 bits per heavy atom. The molecule has 1 aliphatic heterocycles. The molecule has 2 aromatic rings. The predicted octanol–water partition coefficient (Wildman–Crippen LogP) is 2.22. The van der Waals surface area contributed by atoms with E-state index in [0.717, 1.165) is 13.0 Å². The van der Waals surface area contributed by atoms with E-state index in [1.54, 1.807) is 24.3 Å². The fourth-order valence-electron chi connectivity index (χ4n) is 2.53. The molecule has 23 heavy (non-hydrogen) atoms. The topological polar surface area (TPSA) is 89.2 Å². The van der Waals surface area contributed by atoms with Gasteiger partial charge in [-0.3, -0.25) is 9.59 Å². The minimum absolute atomic E-state index is 0.165. The van der Waals surface area contributed by atoms with Crippen LogP contribution < -0.4 is 10.6 Å². The normalized spacial score (nSPS) is 14.8. The number of nitrogens with zero attached hydrogens (tertiary/aromatic N) is 3. The third kappa shape index (κ3) is 3.39. The molecule has 0 unspecified atom stereocenters. The number of nitrogens with two attached hydrogens (primary N) is 1. The zero-order valence-corrected chi connectivity index (χ0v) is 13.9. The smallest absolute Gasteiger partial charge is 0.215 e. The van der Waals surface area contributed by atoms with Gasteiger partial charge in [-0.1, -0.05) is 6.07 Å². The van der Waals surface area contributed by atoms with Crippen LogP contribution in [0.15, 0.2) is 34.9 Å². The quantitative estimate of drug-likeness (QED) is 0.828. The molecule has 1 aliphatic rings. The minimum Gasteiger partial charge on any atom is -0.383 e. The number of pyridine rings is 2. The zero-order chi connectivity index (χ0) is 16.4. The first-order valence-electron chi connectivity index (χ1n) is 7.24. The number of aromatic nitrogens is 2. The van der Waals surface area contributed by atoms with Gasteiger partial charge in [0.25, 0.3) is 0 Å². The van der Waals surface area contributed by atoms with Gasteiger partial charge >= 0.3 is 0 Å². The van der Waals surface area contributed by atoms with Crippen LogP contribution in [0.3, 0.4) is 0 Å². The van der Waals surface area contributed by atoms with E-state index in [1.165, 1.54) is 6.20 Å². The summed E-state index contributed by atoms with van der Waals surface area (Å²) in [4.78, 5) is 34.5. The average molecular weight is 375 g/mol. The van der Waals surface area contributed by atoms with Gasteiger partial charge in [0.15, 0.2) is 5.78 Å². The van der Waals surface area contributed by atoms with E-state index in [9.17, 15) is 9.59 Å². The summed E-state index contributed by atoms with van der Waals surface area (Å²) < 4.78 is 0.674. The van der Waals surface area contributed by atoms with Crippen molar-refractivity contribution < 1.29 is 9.59 Å². The van der Waals surface area contributed by atoms with Gasteiger partial charge in [0.1, 0.15) is 17.3 Å². The molecule has 0 atom stereocenters. The van der Waals surface area contributed by atoms with E-state index in [1.807, 2.05) is 4.90 Å². The van der Waals surface area contributed by atoms with Crippen LogP contribution in [-0.2, 0) is 4.79 Å². The molecule has 1 saturated heterocycles. The Kier molecular flexibility index (Phi) is 4.38. The first-order valence-corrected chi connectivity index (χ1v) is 8.03. The van der Waals surface area contributed by atoms with Crippen LogP contribution in [0, 0.1) is 0 Å². The Morgan fingerprint density at radius 2 is 2.17 bits per heavy atom. The van der Waals surface area contributed by atoms with E-state index in [4.69, 9.17) is 5.73 Å². The Morgan fingerprint density at radius 3 is 2.96 bits per heavy atom. The van der Waals surface area contributed by atoms with Gasteiger partial charge in [0, 0.05) is 23.6 Å². The summed E-state index contributed by atoms with van der Waals surface area (Å²) in [6, 6.07) is 6.83. The standard InChI is InChI=1S/C16H15BrN4O2/c17-10-7-12(16(18)19-8-10)15(23)13-4-1-5-14(20-13)21-6-2-3-11(22)9-21/h1,4-5,7-8H,2-3,6,9H2,(H2,18,19). The number of piperidine rings is 1. The Bertz CT molecular complexity index is 778. The van der Waals surface area contributed by atoms with Crippen molar-refractivity contribution in [3.8, 4) is 0 Å².